The Balaban J connectivity index is 4.55. The predicted octanol–water partition coefficient (Wildman–Crippen LogP) is 1.79. The minimum Gasteiger partial charge on any atom is -0.382 e. The van der Waals surface area contributed by atoms with Gasteiger partial charge in [0, 0.05) is 14.2 Å². The van der Waals surface area contributed by atoms with Gasteiger partial charge in [0.05, 0.1) is 32.0 Å². The number of ether oxygens (including phenoxy) is 2. The number of hydrogen-bond acceptors (Lipinski definition) is 5. The zero-order chi connectivity index (χ0) is 14.1. The average molecular weight is 278 g/mol. The fraction of sp³-hybridized carbons (Fsp3) is 0.833. The summed E-state index contributed by atoms with van der Waals surface area (Å²) in [5, 5.41) is 0. The standard InChI is InChI=1S/C12H26O5Si/c1-7-18(15-10-8-13-5,16-11-9-14-6)17-12(2,3)4/h7H,1,8-11H2,2-6H3. The molecule has 18 heavy (non-hydrogen) atoms. The topological polar surface area (TPSA) is 46.2 Å². The first kappa shape index (κ1) is 17.8. The quantitative estimate of drug-likeness (QED) is 0.450. The van der Waals surface area contributed by atoms with Gasteiger partial charge in [-0.1, -0.05) is 6.58 Å². The van der Waals surface area contributed by atoms with E-state index >= 15 is 0 Å². The highest BCUT2D eigenvalue weighted by atomic mass is 28.4. The zero-order valence-corrected chi connectivity index (χ0v) is 13.2. The third-order valence-electron chi connectivity index (χ3n) is 1.88. The van der Waals surface area contributed by atoms with Gasteiger partial charge in [0.15, 0.2) is 0 Å². The van der Waals surface area contributed by atoms with Crippen LogP contribution in [0.15, 0.2) is 12.3 Å². The van der Waals surface area contributed by atoms with Crippen LogP contribution in [0.3, 0.4) is 0 Å². The van der Waals surface area contributed by atoms with Crippen LogP contribution in [0.5, 0.6) is 0 Å². The van der Waals surface area contributed by atoms with Gasteiger partial charge in [-0.2, -0.15) is 0 Å². The Morgan fingerprint density at radius 1 is 0.944 bits per heavy atom. The van der Waals surface area contributed by atoms with Crippen molar-refractivity contribution in [2.45, 2.75) is 26.4 Å². The molecule has 0 atom stereocenters. The van der Waals surface area contributed by atoms with E-state index in [-0.39, 0.29) is 5.60 Å². The van der Waals surface area contributed by atoms with Gasteiger partial charge in [-0.05, 0) is 26.5 Å². The zero-order valence-electron chi connectivity index (χ0n) is 12.2. The maximum Gasteiger partial charge on any atom is 0.529 e. The minimum atomic E-state index is -2.88. The molecule has 0 saturated carbocycles. The highest BCUT2D eigenvalue weighted by Crippen LogP contribution is 2.20. The van der Waals surface area contributed by atoms with Crippen molar-refractivity contribution in [3.05, 3.63) is 12.3 Å². The Morgan fingerprint density at radius 3 is 1.67 bits per heavy atom. The first-order valence-corrected chi connectivity index (χ1v) is 7.79. The first-order valence-electron chi connectivity index (χ1n) is 5.98. The normalized spacial score (nSPS) is 12.7. The van der Waals surface area contributed by atoms with Crippen LogP contribution in [0, 0.1) is 0 Å². The van der Waals surface area contributed by atoms with E-state index in [2.05, 4.69) is 6.58 Å². The lowest BCUT2D eigenvalue weighted by Gasteiger charge is -2.33. The van der Waals surface area contributed by atoms with Gasteiger partial charge in [0.25, 0.3) is 0 Å². The molecular formula is C12H26O5Si. The maximum atomic E-state index is 5.93. The fourth-order valence-electron chi connectivity index (χ4n) is 1.22. The van der Waals surface area contributed by atoms with Gasteiger partial charge in [0.2, 0.25) is 0 Å². The molecule has 5 nitrogen and oxygen atoms in total. The van der Waals surface area contributed by atoms with Crippen LogP contribution in [0.1, 0.15) is 20.8 Å². The summed E-state index contributed by atoms with van der Waals surface area (Å²) in [6.45, 7) is 11.5. The van der Waals surface area contributed by atoms with E-state index in [0.717, 1.165) is 0 Å². The van der Waals surface area contributed by atoms with E-state index in [1.165, 1.54) is 0 Å². The van der Waals surface area contributed by atoms with Crippen LogP contribution < -0.4 is 0 Å². The molecule has 0 aliphatic heterocycles. The van der Waals surface area contributed by atoms with Crippen molar-refractivity contribution < 1.29 is 22.8 Å². The van der Waals surface area contributed by atoms with E-state index in [4.69, 9.17) is 22.8 Å². The molecule has 0 aliphatic rings. The second-order valence-corrected chi connectivity index (χ2v) is 7.10. The third-order valence-corrected chi connectivity index (χ3v) is 4.49. The monoisotopic (exact) mass is 278 g/mol. The smallest absolute Gasteiger partial charge is 0.382 e. The minimum absolute atomic E-state index is 0.361. The lowest BCUT2D eigenvalue weighted by atomic mass is 10.2. The second kappa shape index (κ2) is 8.79. The van der Waals surface area contributed by atoms with Crippen molar-refractivity contribution in [2.75, 3.05) is 40.6 Å². The molecule has 0 aromatic carbocycles. The Hall–Kier alpha value is -0.243. The van der Waals surface area contributed by atoms with E-state index in [1.54, 1.807) is 19.9 Å². The lowest BCUT2D eigenvalue weighted by molar-refractivity contribution is -0.0117. The molecule has 0 unspecified atom stereocenters. The Morgan fingerprint density at radius 2 is 1.39 bits per heavy atom. The molecule has 0 aromatic rings. The molecular weight excluding hydrogens is 252 g/mol. The summed E-state index contributed by atoms with van der Waals surface area (Å²) in [6, 6.07) is 0. The van der Waals surface area contributed by atoms with E-state index < -0.39 is 8.80 Å². The summed E-state index contributed by atoms with van der Waals surface area (Å²) in [5.41, 5.74) is 1.28. The predicted molar refractivity (Wildman–Crippen MR) is 72.4 cm³/mol. The summed E-state index contributed by atoms with van der Waals surface area (Å²) < 4.78 is 27.3. The third kappa shape index (κ3) is 7.96. The van der Waals surface area contributed by atoms with Crippen LogP contribution >= 0.6 is 0 Å². The molecule has 0 heterocycles. The van der Waals surface area contributed by atoms with Gasteiger partial charge in [-0.3, -0.25) is 0 Å². The molecule has 0 amide bonds. The van der Waals surface area contributed by atoms with Gasteiger partial charge in [0.1, 0.15) is 0 Å². The molecule has 6 heteroatoms. The van der Waals surface area contributed by atoms with Crippen LogP contribution in [0.2, 0.25) is 0 Å². The number of hydrogen-bond donors (Lipinski definition) is 0. The molecule has 0 radical (unpaired) electrons. The molecule has 0 aromatic heterocycles. The number of rotatable bonds is 10. The molecule has 108 valence electrons. The summed E-state index contributed by atoms with van der Waals surface area (Å²) >= 11 is 0. The molecule has 0 spiro atoms. The fourth-order valence-corrected chi connectivity index (χ4v) is 3.33. The molecule has 0 fully saturated rings. The molecule has 0 N–H and O–H groups in total. The average Bonchev–Trinajstić information content (AvgIpc) is 2.27. The van der Waals surface area contributed by atoms with Crippen molar-refractivity contribution in [3.8, 4) is 0 Å². The van der Waals surface area contributed by atoms with Crippen LogP contribution in [-0.4, -0.2) is 55.1 Å². The van der Waals surface area contributed by atoms with Crippen molar-refractivity contribution in [2.24, 2.45) is 0 Å². The van der Waals surface area contributed by atoms with Crippen molar-refractivity contribution in [1.82, 2.24) is 0 Å². The highest BCUT2D eigenvalue weighted by molar-refractivity contribution is 6.66. The van der Waals surface area contributed by atoms with Gasteiger partial charge in [-0.15, -0.1) is 0 Å². The van der Waals surface area contributed by atoms with Gasteiger partial charge < -0.3 is 22.8 Å². The molecule has 0 bridgehead atoms. The maximum absolute atomic E-state index is 5.93. The summed E-state index contributed by atoms with van der Waals surface area (Å²) in [4.78, 5) is 0. The Kier molecular flexibility index (Phi) is 8.67. The summed E-state index contributed by atoms with van der Waals surface area (Å²) in [7, 11) is 0.368. The van der Waals surface area contributed by atoms with E-state index in [1.807, 2.05) is 20.8 Å². The summed E-state index contributed by atoms with van der Waals surface area (Å²) in [6.07, 6.45) is 0. The lowest BCUT2D eigenvalue weighted by Crippen LogP contribution is -2.50. The molecule has 0 saturated heterocycles. The SMILES string of the molecule is C=C[Si](OCCOC)(OCCOC)OC(C)(C)C. The molecule has 0 aliphatic carbocycles. The first-order chi connectivity index (χ1) is 8.39. The summed E-state index contributed by atoms with van der Waals surface area (Å²) in [5.74, 6) is 0. The molecule has 0 rings (SSSR count). The van der Waals surface area contributed by atoms with Gasteiger partial charge in [-0.25, -0.2) is 0 Å². The van der Waals surface area contributed by atoms with Crippen LogP contribution in [0.25, 0.3) is 0 Å². The van der Waals surface area contributed by atoms with Crippen LogP contribution in [-0.2, 0) is 22.8 Å². The van der Waals surface area contributed by atoms with E-state index in [0.29, 0.717) is 26.4 Å². The van der Waals surface area contributed by atoms with Crippen molar-refractivity contribution in [3.63, 3.8) is 0 Å². The highest BCUT2D eigenvalue weighted by Gasteiger charge is 2.41. The van der Waals surface area contributed by atoms with Crippen LogP contribution in [0.4, 0.5) is 0 Å². The number of methoxy groups -OCH3 is 2. The van der Waals surface area contributed by atoms with Crippen molar-refractivity contribution in [1.29, 1.82) is 0 Å². The Labute approximate surface area is 111 Å². The largest absolute Gasteiger partial charge is 0.529 e. The Bertz CT molecular complexity index is 217. The van der Waals surface area contributed by atoms with Gasteiger partial charge >= 0.3 is 8.80 Å². The van der Waals surface area contributed by atoms with Crippen molar-refractivity contribution >= 4 is 8.80 Å². The van der Waals surface area contributed by atoms with E-state index in [9.17, 15) is 0 Å². The second-order valence-electron chi connectivity index (χ2n) is 4.70.